The second-order valence-electron chi connectivity index (χ2n) is 12.1. The number of rotatable bonds is 18. The molecule has 8 nitrogen and oxygen atoms in total. The summed E-state index contributed by atoms with van der Waals surface area (Å²) in [4.78, 5) is 50.3. The first-order chi connectivity index (χ1) is 18.7. The average molecular weight is 560 g/mol. The van der Waals surface area contributed by atoms with Crippen molar-refractivity contribution in [3.05, 3.63) is 35.9 Å². The Hall–Kier alpha value is -2.74. The van der Waals surface area contributed by atoms with Gasteiger partial charge in [-0.05, 0) is 48.5 Å². The first-order valence-electron chi connectivity index (χ1n) is 14.8. The molecule has 6 atom stereocenters. The Labute approximate surface area is 241 Å². The highest BCUT2D eigenvalue weighted by Gasteiger charge is 2.32. The van der Waals surface area contributed by atoms with Gasteiger partial charge in [-0.1, -0.05) is 84.7 Å². The molecule has 40 heavy (non-hydrogen) atoms. The molecule has 3 amide bonds. The molecule has 1 rings (SSSR count). The van der Waals surface area contributed by atoms with Crippen molar-refractivity contribution >= 4 is 23.5 Å². The van der Waals surface area contributed by atoms with Crippen molar-refractivity contribution in [3.63, 3.8) is 0 Å². The summed E-state index contributed by atoms with van der Waals surface area (Å²) in [6.45, 7) is 14.7. The molecule has 0 aliphatic heterocycles. The van der Waals surface area contributed by atoms with Gasteiger partial charge in [-0.3, -0.25) is 19.2 Å². The molecule has 0 aliphatic carbocycles. The number of nitrogens with one attached hydrogen (secondary N) is 3. The summed E-state index contributed by atoms with van der Waals surface area (Å²) in [5, 5.41) is 20.1. The van der Waals surface area contributed by atoms with Gasteiger partial charge in [-0.15, -0.1) is 0 Å². The molecule has 0 bridgehead atoms. The third-order valence-corrected chi connectivity index (χ3v) is 7.53. The number of benzene rings is 1. The van der Waals surface area contributed by atoms with Gasteiger partial charge in [0.05, 0.1) is 18.2 Å². The largest absolute Gasteiger partial charge is 0.391 e. The van der Waals surface area contributed by atoms with E-state index in [1.807, 2.05) is 58.0 Å². The highest BCUT2D eigenvalue weighted by molar-refractivity contribution is 5.89. The normalized spacial score (nSPS) is 16.0. The summed E-state index contributed by atoms with van der Waals surface area (Å²) >= 11 is 0. The number of carbonyl (C=O) groups excluding carboxylic acids is 4. The number of carbonyl (C=O) groups is 4. The molecule has 0 aliphatic rings. The maximum absolute atomic E-state index is 13.4. The van der Waals surface area contributed by atoms with E-state index < -0.39 is 24.2 Å². The highest BCUT2D eigenvalue weighted by Crippen LogP contribution is 2.25. The number of Topliss-reactive ketones (excluding diaryl/α,β-unsaturated/α-hetero) is 1. The fourth-order valence-corrected chi connectivity index (χ4v) is 4.96. The zero-order valence-corrected chi connectivity index (χ0v) is 25.8. The Kier molecular flexibility index (Phi) is 15.7. The van der Waals surface area contributed by atoms with E-state index in [0.717, 1.165) is 24.8 Å². The lowest BCUT2D eigenvalue weighted by molar-refractivity contribution is -0.130. The van der Waals surface area contributed by atoms with Gasteiger partial charge in [0.2, 0.25) is 17.7 Å². The van der Waals surface area contributed by atoms with Crippen molar-refractivity contribution < 1.29 is 24.3 Å². The van der Waals surface area contributed by atoms with Crippen molar-refractivity contribution in [3.8, 4) is 0 Å². The van der Waals surface area contributed by atoms with Crippen molar-refractivity contribution in [2.24, 2.45) is 23.7 Å². The van der Waals surface area contributed by atoms with Gasteiger partial charge in [-0.2, -0.15) is 0 Å². The molecule has 0 aromatic heterocycles. The van der Waals surface area contributed by atoms with Crippen LogP contribution < -0.4 is 16.0 Å². The fraction of sp³-hybridized carbons (Fsp3) is 0.688. The summed E-state index contributed by atoms with van der Waals surface area (Å²) < 4.78 is 0. The monoisotopic (exact) mass is 559 g/mol. The number of amides is 3. The molecule has 1 aromatic rings. The van der Waals surface area contributed by atoms with E-state index >= 15 is 0 Å². The Balaban J connectivity index is 3.21. The van der Waals surface area contributed by atoms with E-state index in [1.54, 1.807) is 0 Å². The van der Waals surface area contributed by atoms with Gasteiger partial charge in [-0.25, -0.2) is 0 Å². The second-order valence-corrected chi connectivity index (χ2v) is 12.1. The van der Waals surface area contributed by atoms with Crippen LogP contribution in [0.15, 0.2) is 30.3 Å². The van der Waals surface area contributed by atoms with Crippen LogP contribution in [0.3, 0.4) is 0 Å². The molecule has 4 N–H and O–H groups in total. The second kappa shape index (κ2) is 17.8. The van der Waals surface area contributed by atoms with Crippen molar-refractivity contribution in [1.82, 2.24) is 16.0 Å². The predicted molar refractivity (Wildman–Crippen MR) is 159 cm³/mol. The Morgan fingerprint density at radius 3 is 1.90 bits per heavy atom. The van der Waals surface area contributed by atoms with Crippen LogP contribution in [0.2, 0.25) is 0 Å². The fourth-order valence-electron chi connectivity index (χ4n) is 4.96. The number of aliphatic hydroxyl groups is 1. The minimum Gasteiger partial charge on any atom is -0.391 e. The van der Waals surface area contributed by atoms with Crippen LogP contribution in [0.4, 0.5) is 0 Å². The molecule has 0 heterocycles. The summed E-state index contributed by atoms with van der Waals surface area (Å²) in [6, 6.07) is 7.73. The average Bonchev–Trinajstić information content (AvgIpc) is 2.88. The van der Waals surface area contributed by atoms with E-state index in [2.05, 4.69) is 29.8 Å². The van der Waals surface area contributed by atoms with Crippen LogP contribution in [0, 0.1) is 23.7 Å². The van der Waals surface area contributed by atoms with Gasteiger partial charge < -0.3 is 21.1 Å². The van der Waals surface area contributed by atoms with E-state index in [4.69, 9.17) is 0 Å². The Morgan fingerprint density at radius 2 is 1.40 bits per heavy atom. The molecule has 0 fully saturated rings. The van der Waals surface area contributed by atoms with Crippen LogP contribution in [0.5, 0.6) is 0 Å². The van der Waals surface area contributed by atoms with Crippen LogP contribution in [-0.4, -0.2) is 52.8 Å². The Morgan fingerprint density at radius 1 is 0.825 bits per heavy atom. The summed E-state index contributed by atoms with van der Waals surface area (Å²) in [5.41, 5.74) is 0.963. The quantitative estimate of drug-likeness (QED) is 0.215. The van der Waals surface area contributed by atoms with Crippen molar-refractivity contribution in [2.45, 2.75) is 118 Å². The van der Waals surface area contributed by atoms with Crippen LogP contribution in [-0.2, 0) is 25.6 Å². The third kappa shape index (κ3) is 13.1. The van der Waals surface area contributed by atoms with E-state index in [0.29, 0.717) is 18.8 Å². The smallest absolute Gasteiger partial charge is 0.243 e. The molecule has 0 spiro atoms. The highest BCUT2D eigenvalue weighted by atomic mass is 16.3. The topological polar surface area (TPSA) is 125 Å². The van der Waals surface area contributed by atoms with E-state index in [-0.39, 0.29) is 47.7 Å². The SMILES string of the molecule is CCC(C)[C@H](NC(C)=O)C(=O)C[C@@H](CCC(C)C)C[C@H](O)[C@H](Cc1ccccc1)NC(=O)[C@@H](NC(C)=O)C(C)C. The Bertz CT molecular complexity index is 934. The van der Waals surface area contributed by atoms with Crippen LogP contribution >= 0.6 is 0 Å². The zero-order chi connectivity index (χ0) is 30.4. The molecule has 8 heteroatoms. The van der Waals surface area contributed by atoms with Gasteiger partial charge in [0.15, 0.2) is 5.78 Å². The van der Waals surface area contributed by atoms with Crippen molar-refractivity contribution in [1.29, 1.82) is 0 Å². The molecule has 1 unspecified atom stereocenters. The van der Waals surface area contributed by atoms with E-state index in [1.165, 1.54) is 13.8 Å². The number of ketones is 1. The maximum atomic E-state index is 13.4. The van der Waals surface area contributed by atoms with Crippen LogP contribution in [0.25, 0.3) is 0 Å². The summed E-state index contributed by atoms with van der Waals surface area (Å²) in [5.74, 6) is -0.725. The molecular formula is C32H53N3O5. The zero-order valence-electron chi connectivity index (χ0n) is 25.8. The lowest BCUT2D eigenvalue weighted by Gasteiger charge is -2.31. The first-order valence-corrected chi connectivity index (χ1v) is 14.8. The first kappa shape index (κ1) is 35.3. The maximum Gasteiger partial charge on any atom is 0.243 e. The standard InChI is InChI=1S/C32H53N3O5/c1-9-22(6)31(34-24(8)37)29(39)19-26(16-15-20(2)3)18-28(38)27(17-25-13-11-10-12-14-25)35-32(40)30(21(4)5)33-23(7)36/h10-14,20-22,26-28,30-31,38H,9,15-19H2,1-8H3,(H,33,36)(H,34,37)(H,35,40)/t22?,26-,27-,28-,30-,31-/m0/s1. The molecule has 0 saturated carbocycles. The molecule has 0 radical (unpaired) electrons. The van der Waals surface area contributed by atoms with Gasteiger partial charge in [0, 0.05) is 20.3 Å². The lowest BCUT2D eigenvalue weighted by Crippen LogP contribution is -2.55. The molecule has 1 aromatic carbocycles. The molecule has 0 saturated heterocycles. The van der Waals surface area contributed by atoms with Gasteiger partial charge in [0.1, 0.15) is 6.04 Å². The van der Waals surface area contributed by atoms with Gasteiger partial charge >= 0.3 is 0 Å². The third-order valence-electron chi connectivity index (χ3n) is 7.53. The minimum absolute atomic E-state index is 0.000988. The molecule has 226 valence electrons. The lowest BCUT2D eigenvalue weighted by atomic mass is 9.83. The summed E-state index contributed by atoms with van der Waals surface area (Å²) in [6.07, 6.45) is 2.47. The van der Waals surface area contributed by atoms with Gasteiger partial charge in [0.25, 0.3) is 0 Å². The molecular weight excluding hydrogens is 506 g/mol. The minimum atomic E-state index is -0.915. The number of hydrogen-bond donors (Lipinski definition) is 4. The van der Waals surface area contributed by atoms with E-state index in [9.17, 15) is 24.3 Å². The summed E-state index contributed by atoms with van der Waals surface area (Å²) in [7, 11) is 0. The predicted octanol–water partition coefficient (Wildman–Crippen LogP) is 4.19. The number of aliphatic hydroxyl groups excluding tert-OH is 1. The number of hydrogen-bond acceptors (Lipinski definition) is 5. The van der Waals surface area contributed by atoms with Crippen molar-refractivity contribution in [2.75, 3.05) is 0 Å². The van der Waals surface area contributed by atoms with Crippen LogP contribution in [0.1, 0.15) is 93.1 Å².